The fourth-order valence-electron chi connectivity index (χ4n) is 4.33. The molecule has 0 amide bonds. The molecule has 1 saturated carbocycles. The van der Waals surface area contributed by atoms with Crippen LogP contribution in [0.2, 0.25) is 5.02 Å². The Bertz CT molecular complexity index is 750. The van der Waals surface area contributed by atoms with Gasteiger partial charge < -0.3 is 5.32 Å². The average molecular weight is 383 g/mol. The highest BCUT2D eigenvalue weighted by atomic mass is 35.5. The maximum Gasteiger partial charge on any atom is 0.244 e. The molecule has 6 heteroatoms. The lowest BCUT2D eigenvalue weighted by molar-refractivity contribution is 0.239. The van der Waals surface area contributed by atoms with Gasteiger partial charge in [-0.2, -0.15) is 4.31 Å². The molecule has 1 spiro atoms. The highest BCUT2D eigenvalue weighted by Gasteiger charge is 2.55. The molecule has 138 valence electrons. The van der Waals surface area contributed by atoms with E-state index in [0.29, 0.717) is 23.0 Å². The van der Waals surface area contributed by atoms with Crippen molar-refractivity contribution < 1.29 is 8.42 Å². The predicted molar refractivity (Wildman–Crippen MR) is 104 cm³/mol. The molecule has 1 aliphatic carbocycles. The molecule has 0 atom stereocenters. The molecule has 0 bridgehead atoms. The number of hydrogen-bond acceptors (Lipinski definition) is 3. The van der Waals surface area contributed by atoms with Crippen molar-refractivity contribution in [2.75, 3.05) is 19.6 Å². The van der Waals surface area contributed by atoms with Gasteiger partial charge >= 0.3 is 0 Å². The predicted octanol–water partition coefficient (Wildman–Crippen LogP) is 4.03. The Morgan fingerprint density at radius 3 is 2.36 bits per heavy atom. The van der Waals surface area contributed by atoms with E-state index >= 15 is 0 Å². The first kappa shape index (κ1) is 18.9. The minimum absolute atomic E-state index is 0.341. The van der Waals surface area contributed by atoms with Crippen LogP contribution in [0.25, 0.3) is 4.91 Å². The number of halogens is 1. The van der Waals surface area contributed by atoms with Crippen molar-refractivity contribution >= 4 is 26.5 Å². The number of nitrogens with one attached hydrogen (secondary N) is 1. The lowest BCUT2D eigenvalue weighted by Crippen LogP contribution is -2.48. The zero-order chi connectivity index (χ0) is 18.1. The summed E-state index contributed by atoms with van der Waals surface area (Å²) in [6, 6.07) is 7.21. The van der Waals surface area contributed by atoms with Crippen molar-refractivity contribution in [3.05, 3.63) is 40.4 Å². The van der Waals surface area contributed by atoms with Crippen molar-refractivity contribution in [3.8, 4) is 0 Å². The van der Waals surface area contributed by atoms with Gasteiger partial charge in [0.1, 0.15) is 0 Å². The third-order valence-corrected chi connectivity index (χ3v) is 7.74. The lowest BCUT2D eigenvalue weighted by atomic mass is 9.86. The molecule has 1 N–H and O–H groups in total. The third kappa shape index (κ3) is 3.16. The molecule has 0 aromatic heterocycles. The highest BCUT2D eigenvalue weighted by Crippen LogP contribution is 2.52. The number of benzene rings is 1. The summed E-state index contributed by atoms with van der Waals surface area (Å²) >= 11 is 6.02. The Hall–Kier alpha value is -0.880. The highest BCUT2D eigenvalue weighted by molar-refractivity contribution is 7.98. The summed E-state index contributed by atoms with van der Waals surface area (Å²) in [5.41, 5.74) is 1.45. The molecule has 0 saturated heterocycles. The quantitative estimate of drug-likeness (QED) is 0.808. The Balaban J connectivity index is 2.21. The van der Waals surface area contributed by atoms with Gasteiger partial charge in [0, 0.05) is 18.1 Å². The molecule has 1 heterocycles. The topological polar surface area (TPSA) is 49.4 Å². The van der Waals surface area contributed by atoms with Crippen LogP contribution in [0, 0.1) is 0 Å². The number of sulfonamides is 1. The maximum absolute atomic E-state index is 13.5. The number of nitrogens with zero attached hydrogens (tertiary/aromatic N) is 1. The van der Waals surface area contributed by atoms with Gasteiger partial charge in [-0.05, 0) is 49.1 Å². The Morgan fingerprint density at radius 1 is 1.16 bits per heavy atom. The fraction of sp³-hybridized carbons (Fsp3) is 0.579. The fourth-order valence-corrected chi connectivity index (χ4v) is 6.86. The Morgan fingerprint density at radius 2 is 1.80 bits per heavy atom. The van der Waals surface area contributed by atoms with Crippen LogP contribution >= 0.6 is 11.6 Å². The minimum Gasteiger partial charge on any atom is -0.313 e. The molecule has 1 fully saturated rings. The van der Waals surface area contributed by atoms with E-state index in [9.17, 15) is 8.42 Å². The standard InChI is InChI=1S/C19H27ClN2O2S/c1-3-13-22-19(11-5-6-12-19)17(14-21-4-2)18(25(22,23)24)15-7-9-16(20)10-8-15/h7-10,21H,3-6,11-14H2,1-2H3. The Kier molecular flexibility index (Phi) is 5.59. The van der Waals surface area contributed by atoms with E-state index in [1.165, 1.54) is 0 Å². The van der Waals surface area contributed by atoms with Crippen LogP contribution in [0.5, 0.6) is 0 Å². The summed E-state index contributed by atoms with van der Waals surface area (Å²) in [6.45, 7) is 6.11. The second kappa shape index (κ2) is 7.39. The van der Waals surface area contributed by atoms with E-state index in [1.54, 1.807) is 16.4 Å². The van der Waals surface area contributed by atoms with Gasteiger partial charge in [-0.15, -0.1) is 0 Å². The first-order valence-corrected chi connectivity index (χ1v) is 11.0. The largest absolute Gasteiger partial charge is 0.313 e. The van der Waals surface area contributed by atoms with E-state index in [0.717, 1.165) is 49.8 Å². The van der Waals surface area contributed by atoms with Crippen molar-refractivity contribution in [2.24, 2.45) is 0 Å². The molecule has 4 nitrogen and oxygen atoms in total. The van der Waals surface area contributed by atoms with E-state index in [4.69, 9.17) is 11.6 Å². The number of likely N-dealkylation sites (N-methyl/N-ethyl adjacent to an activating group) is 1. The van der Waals surface area contributed by atoms with Crippen molar-refractivity contribution in [2.45, 2.75) is 51.5 Å². The molecule has 1 aliphatic heterocycles. The summed E-state index contributed by atoms with van der Waals surface area (Å²) in [5, 5.41) is 4.00. The summed E-state index contributed by atoms with van der Waals surface area (Å²) < 4.78 is 28.8. The molecule has 1 aromatic carbocycles. The molecule has 0 radical (unpaired) electrons. The zero-order valence-electron chi connectivity index (χ0n) is 15.0. The maximum atomic E-state index is 13.5. The van der Waals surface area contributed by atoms with Gasteiger partial charge in [0.2, 0.25) is 10.0 Å². The van der Waals surface area contributed by atoms with Crippen LogP contribution in [0.1, 0.15) is 51.5 Å². The van der Waals surface area contributed by atoms with Crippen LogP contribution in [-0.4, -0.2) is 37.9 Å². The number of rotatable bonds is 6. The normalized spacial score (nSPS) is 22.2. The SMILES string of the molecule is CCCN1C2(CCCC2)C(CNCC)=C(c2ccc(Cl)cc2)S1(=O)=O. The van der Waals surface area contributed by atoms with Crippen molar-refractivity contribution in [3.63, 3.8) is 0 Å². The first-order valence-electron chi connectivity index (χ1n) is 9.20. The third-order valence-electron chi connectivity index (χ3n) is 5.38. The van der Waals surface area contributed by atoms with Crippen LogP contribution in [0.15, 0.2) is 29.8 Å². The van der Waals surface area contributed by atoms with Crippen molar-refractivity contribution in [1.82, 2.24) is 9.62 Å². The lowest BCUT2D eigenvalue weighted by Gasteiger charge is -2.36. The average Bonchev–Trinajstić information content (AvgIpc) is 3.13. The second-order valence-electron chi connectivity index (χ2n) is 6.91. The van der Waals surface area contributed by atoms with Crippen molar-refractivity contribution in [1.29, 1.82) is 0 Å². The van der Waals surface area contributed by atoms with E-state index in [1.807, 2.05) is 19.1 Å². The van der Waals surface area contributed by atoms with Gasteiger partial charge in [0.15, 0.2) is 0 Å². The summed E-state index contributed by atoms with van der Waals surface area (Å²) in [5.74, 6) is 0. The van der Waals surface area contributed by atoms with Gasteiger partial charge in [-0.25, -0.2) is 8.42 Å². The van der Waals surface area contributed by atoms with Gasteiger partial charge in [0.25, 0.3) is 0 Å². The van der Waals surface area contributed by atoms with Gasteiger partial charge in [-0.1, -0.05) is 50.4 Å². The molecule has 0 unspecified atom stereocenters. The first-order chi connectivity index (χ1) is 12.0. The van der Waals surface area contributed by atoms with Crippen LogP contribution in [-0.2, 0) is 10.0 Å². The van der Waals surface area contributed by atoms with Gasteiger partial charge in [0.05, 0.1) is 10.4 Å². The molecule has 1 aromatic rings. The van der Waals surface area contributed by atoms with E-state index in [-0.39, 0.29) is 5.54 Å². The Labute approximate surface area is 156 Å². The summed E-state index contributed by atoms with van der Waals surface area (Å²) in [7, 11) is -3.50. The summed E-state index contributed by atoms with van der Waals surface area (Å²) in [4.78, 5) is 0.500. The molecule has 25 heavy (non-hydrogen) atoms. The smallest absolute Gasteiger partial charge is 0.244 e. The monoisotopic (exact) mass is 382 g/mol. The number of hydrogen-bond donors (Lipinski definition) is 1. The van der Waals surface area contributed by atoms with Gasteiger partial charge in [-0.3, -0.25) is 0 Å². The molecule has 3 rings (SSSR count). The van der Waals surface area contributed by atoms with E-state index < -0.39 is 10.0 Å². The summed E-state index contributed by atoms with van der Waals surface area (Å²) in [6.07, 6.45) is 4.83. The van der Waals surface area contributed by atoms with E-state index in [2.05, 4.69) is 12.2 Å². The molecule has 2 aliphatic rings. The molecular weight excluding hydrogens is 356 g/mol. The van der Waals surface area contributed by atoms with Crippen LogP contribution < -0.4 is 5.32 Å². The second-order valence-corrected chi connectivity index (χ2v) is 9.15. The van der Waals surface area contributed by atoms with Crippen LogP contribution in [0.3, 0.4) is 0 Å². The minimum atomic E-state index is -3.50. The molecular formula is C19H27ClN2O2S. The zero-order valence-corrected chi connectivity index (χ0v) is 16.6. The van der Waals surface area contributed by atoms with Crippen LogP contribution in [0.4, 0.5) is 0 Å².